The molecule has 4 nitrogen and oxygen atoms in total. The van der Waals surface area contributed by atoms with Crippen LogP contribution in [0.25, 0.3) is 22.3 Å². The van der Waals surface area contributed by atoms with E-state index in [1.807, 2.05) is 48.5 Å². The molecule has 0 unspecified atom stereocenters. The van der Waals surface area contributed by atoms with Crippen LogP contribution in [-0.4, -0.2) is 11.8 Å². The monoisotopic (exact) mass is 428 g/mol. The highest BCUT2D eigenvalue weighted by atomic mass is 16.1. The van der Waals surface area contributed by atoms with E-state index in [1.54, 1.807) is 12.1 Å². The molecule has 3 aromatic carbocycles. The van der Waals surface area contributed by atoms with Crippen LogP contribution < -0.4 is 11.5 Å². The Hall–Kier alpha value is -3.40. The molecule has 0 aliphatic rings. The van der Waals surface area contributed by atoms with Gasteiger partial charge in [0.2, 0.25) is 11.8 Å². The van der Waals surface area contributed by atoms with Gasteiger partial charge in [-0.05, 0) is 45.2 Å². The SMILES string of the molecule is CC(C)(C)c1ccc(-c2c(C(N)=O)ccc(C(N)=O)c2-c2ccc(C(C)(C)C)cc2)cc1. The molecule has 166 valence electrons. The summed E-state index contributed by atoms with van der Waals surface area (Å²) in [6.07, 6.45) is 0. The van der Waals surface area contributed by atoms with Gasteiger partial charge in [-0.2, -0.15) is 0 Å². The molecule has 0 aromatic heterocycles. The summed E-state index contributed by atoms with van der Waals surface area (Å²) in [5.41, 5.74) is 17.4. The molecule has 0 heterocycles. The maximum atomic E-state index is 12.4. The lowest BCUT2D eigenvalue weighted by Gasteiger charge is -2.22. The van der Waals surface area contributed by atoms with Gasteiger partial charge >= 0.3 is 0 Å². The van der Waals surface area contributed by atoms with Crippen molar-refractivity contribution in [1.82, 2.24) is 0 Å². The first-order valence-corrected chi connectivity index (χ1v) is 10.8. The number of carbonyl (C=O) groups is 2. The van der Waals surface area contributed by atoms with Crippen molar-refractivity contribution in [3.8, 4) is 22.3 Å². The number of nitrogens with two attached hydrogens (primary N) is 2. The summed E-state index contributed by atoms with van der Waals surface area (Å²) in [7, 11) is 0. The fraction of sp³-hybridized carbons (Fsp3) is 0.286. The van der Waals surface area contributed by atoms with Crippen LogP contribution in [0.3, 0.4) is 0 Å². The van der Waals surface area contributed by atoms with E-state index in [-0.39, 0.29) is 10.8 Å². The first-order chi connectivity index (χ1) is 14.8. The third-order valence-electron chi connectivity index (χ3n) is 5.82. The van der Waals surface area contributed by atoms with Gasteiger partial charge in [0.25, 0.3) is 0 Å². The predicted octanol–water partition coefficient (Wildman–Crippen LogP) is 5.81. The van der Waals surface area contributed by atoms with E-state index in [2.05, 4.69) is 41.5 Å². The van der Waals surface area contributed by atoms with Gasteiger partial charge in [-0.15, -0.1) is 0 Å². The molecule has 3 aromatic rings. The van der Waals surface area contributed by atoms with Crippen LogP contribution in [0.4, 0.5) is 0 Å². The highest BCUT2D eigenvalue weighted by molar-refractivity contribution is 6.10. The Labute approximate surface area is 190 Å². The van der Waals surface area contributed by atoms with Gasteiger partial charge in [0.1, 0.15) is 0 Å². The van der Waals surface area contributed by atoms with Crippen molar-refractivity contribution in [3.63, 3.8) is 0 Å². The van der Waals surface area contributed by atoms with Gasteiger partial charge < -0.3 is 11.5 Å². The Morgan fingerprint density at radius 2 is 0.812 bits per heavy atom. The van der Waals surface area contributed by atoms with Crippen LogP contribution in [0.5, 0.6) is 0 Å². The zero-order valence-electron chi connectivity index (χ0n) is 19.7. The number of carbonyl (C=O) groups excluding carboxylic acids is 2. The third-order valence-corrected chi connectivity index (χ3v) is 5.82. The Balaban J connectivity index is 2.33. The Bertz CT molecular complexity index is 1070. The molecule has 32 heavy (non-hydrogen) atoms. The minimum absolute atomic E-state index is 0.00820. The molecular weight excluding hydrogens is 396 g/mol. The smallest absolute Gasteiger partial charge is 0.249 e. The summed E-state index contributed by atoms with van der Waals surface area (Å²) < 4.78 is 0. The second kappa shape index (κ2) is 8.27. The van der Waals surface area contributed by atoms with Crippen molar-refractivity contribution in [2.45, 2.75) is 52.4 Å². The van der Waals surface area contributed by atoms with Gasteiger partial charge in [0.05, 0.1) is 0 Å². The zero-order valence-corrected chi connectivity index (χ0v) is 19.7. The summed E-state index contributed by atoms with van der Waals surface area (Å²) in [4.78, 5) is 24.8. The van der Waals surface area contributed by atoms with E-state index < -0.39 is 11.8 Å². The number of rotatable bonds is 4. The second-order valence-electron chi connectivity index (χ2n) is 10.3. The van der Waals surface area contributed by atoms with E-state index in [0.29, 0.717) is 22.3 Å². The lowest BCUT2D eigenvalue weighted by molar-refractivity contribution is 0.0989. The van der Waals surface area contributed by atoms with E-state index in [9.17, 15) is 9.59 Å². The number of hydrogen-bond acceptors (Lipinski definition) is 2. The molecule has 0 aliphatic heterocycles. The summed E-state index contributed by atoms with van der Waals surface area (Å²) in [5.74, 6) is -1.10. The first-order valence-electron chi connectivity index (χ1n) is 10.8. The van der Waals surface area contributed by atoms with Gasteiger partial charge in [-0.1, -0.05) is 90.1 Å². The minimum atomic E-state index is -0.552. The molecule has 0 saturated carbocycles. The molecule has 4 heteroatoms. The summed E-state index contributed by atoms with van der Waals surface area (Å²) in [6.45, 7) is 12.9. The Kier molecular flexibility index (Phi) is 6.01. The topological polar surface area (TPSA) is 86.2 Å². The fourth-order valence-electron chi connectivity index (χ4n) is 3.89. The van der Waals surface area contributed by atoms with Crippen LogP contribution in [0.1, 0.15) is 73.4 Å². The molecule has 0 bridgehead atoms. The van der Waals surface area contributed by atoms with Crippen molar-refractivity contribution in [3.05, 3.63) is 82.9 Å². The average Bonchev–Trinajstić information content (AvgIpc) is 2.71. The predicted molar refractivity (Wildman–Crippen MR) is 132 cm³/mol. The van der Waals surface area contributed by atoms with Gasteiger partial charge in [0, 0.05) is 22.3 Å². The van der Waals surface area contributed by atoms with Crippen molar-refractivity contribution < 1.29 is 9.59 Å². The van der Waals surface area contributed by atoms with Gasteiger partial charge in [-0.25, -0.2) is 0 Å². The van der Waals surface area contributed by atoms with Crippen molar-refractivity contribution in [2.24, 2.45) is 11.5 Å². The largest absolute Gasteiger partial charge is 0.366 e. The van der Waals surface area contributed by atoms with Crippen LogP contribution in [-0.2, 0) is 10.8 Å². The molecular formula is C28H32N2O2. The number of amides is 2. The average molecular weight is 429 g/mol. The highest BCUT2D eigenvalue weighted by Crippen LogP contribution is 2.39. The van der Waals surface area contributed by atoms with Crippen LogP contribution in [0.2, 0.25) is 0 Å². The zero-order chi connectivity index (χ0) is 23.8. The summed E-state index contributed by atoms with van der Waals surface area (Å²) in [6, 6.07) is 19.2. The third kappa shape index (κ3) is 4.59. The number of primary amides is 2. The maximum Gasteiger partial charge on any atom is 0.249 e. The molecule has 0 spiro atoms. The van der Waals surface area contributed by atoms with Crippen LogP contribution in [0.15, 0.2) is 60.7 Å². The Morgan fingerprint density at radius 1 is 0.531 bits per heavy atom. The molecule has 0 radical (unpaired) electrons. The van der Waals surface area contributed by atoms with E-state index in [1.165, 1.54) is 11.1 Å². The van der Waals surface area contributed by atoms with Crippen LogP contribution in [0, 0.1) is 0 Å². The Morgan fingerprint density at radius 3 is 1.03 bits per heavy atom. The highest BCUT2D eigenvalue weighted by Gasteiger charge is 2.23. The molecule has 4 N–H and O–H groups in total. The minimum Gasteiger partial charge on any atom is -0.366 e. The van der Waals surface area contributed by atoms with Crippen molar-refractivity contribution in [1.29, 1.82) is 0 Å². The van der Waals surface area contributed by atoms with Crippen molar-refractivity contribution >= 4 is 11.8 Å². The number of hydrogen-bond donors (Lipinski definition) is 2. The summed E-state index contributed by atoms with van der Waals surface area (Å²) in [5, 5.41) is 0. The number of benzene rings is 3. The lowest BCUT2D eigenvalue weighted by Crippen LogP contribution is -2.18. The maximum absolute atomic E-state index is 12.4. The van der Waals surface area contributed by atoms with E-state index in [4.69, 9.17) is 11.5 Å². The lowest BCUT2D eigenvalue weighted by atomic mass is 9.82. The fourth-order valence-corrected chi connectivity index (χ4v) is 3.89. The normalized spacial score (nSPS) is 11.9. The first kappa shape index (κ1) is 23.3. The van der Waals surface area contributed by atoms with Crippen LogP contribution >= 0.6 is 0 Å². The quantitative estimate of drug-likeness (QED) is 0.549. The molecule has 3 rings (SSSR count). The van der Waals surface area contributed by atoms with Crippen molar-refractivity contribution in [2.75, 3.05) is 0 Å². The summed E-state index contributed by atoms with van der Waals surface area (Å²) >= 11 is 0. The molecule has 0 atom stereocenters. The van der Waals surface area contributed by atoms with E-state index in [0.717, 1.165) is 11.1 Å². The molecule has 2 amide bonds. The molecule has 0 aliphatic carbocycles. The molecule has 0 fully saturated rings. The standard InChI is InChI=1S/C28H32N2O2/c1-27(2,3)19-11-7-17(8-12-19)23-21(25(29)31)15-16-22(26(30)32)24(23)18-9-13-20(14-10-18)28(4,5)6/h7-16H,1-6H3,(H2,29,31)(H2,30,32). The van der Waals surface area contributed by atoms with E-state index >= 15 is 0 Å². The molecule has 0 saturated heterocycles. The second-order valence-corrected chi connectivity index (χ2v) is 10.3. The van der Waals surface area contributed by atoms with Gasteiger partial charge in [-0.3, -0.25) is 9.59 Å². The van der Waals surface area contributed by atoms with Gasteiger partial charge in [0.15, 0.2) is 0 Å².